The van der Waals surface area contributed by atoms with Crippen LogP contribution >= 0.6 is 0 Å². The third-order valence-corrected chi connectivity index (χ3v) is 1.97. The summed E-state index contributed by atoms with van der Waals surface area (Å²) in [7, 11) is 0. The van der Waals surface area contributed by atoms with Gasteiger partial charge in [0.15, 0.2) is 0 Å². The number of carboxylic acid groups (broad SMARTS) is 1. The minimum absolute atomic E-state index is 0.411. The predicted octanol–water partition coefficient (Wildman–Crippen LogP) is 1.15. The average molecular weight is 233 g/mol. The third-order valence-electron chi connectivity index (χ3n) is 1.97. The minimum atomic E-state index is -1.12. The summed E-state index contributed by atoms with van der Waals surface area (Å²) in [6, 6.07) is 6.64. The molecule has 3 N–H and O–H groups in total. The fraction of sp³-hybridized carbons (Fsp3) is 0.182. The van der Waals surface area contributed by atoms with Gasteiger partial charge < -0.3 is 15.7 Å². The molecule has 6 nitrogen and oxygen atoms in total. The first-order valence-electron chi connectivity index (χ1n) is 4.83. The molecule has 0 bridgehead atoms. The van der Waals surface area contributed by atoms with Gasteiger partial charge in [0.05, 0.1) is 11.6 Å². The number of aliphatic carboxylic acids is 1. The van der Waals surface area contributed by atoms with Gasteiger partial charge in [0.2, 0.25) is 0 Å². The van der Waals surface area contributed by atoms with Crippen molar-refractivity contribution in [2.45, 2.75) is 13.0 Å². The van der Waals surface area contributed by atoms with Gasteiger partial charge in [-0.25, -0.2) is 4.79 Å². The van der Waals surface area contributed by atoms with Crippen molar-refractivity contribution < 1.29 is 14.7 Å². The van der Waals surface area contributed by atoms with Crippen molar-refractivity contribution in [3.05, 3.63) is 29.8 Å². The number of nitriles is 1. The Hall–Kier alpha value is -2.55. The molecule has 0 saturated carbocycles. The molecule has 17 heavy (non-hydrogen) atoms. The summed E-state index contributed by atoms with van der Waals surface area (Å²) in [4.78, 5) is 21.9. The number of urea groups is 1. The predicted molar refractivity (Wildman–Crippen MR) is 60.4 cm³/mol. The first kappa shape index (κ1) is 12.5. The van der Waals surface area contributed by atoms with Crippen LogP contribution in [0.5, 0.6) is 0 Å². The molecule has 0 heterocycles. The summed E-state index contributed by atoms with van der Waals surface area (Å²) in [5.41, 5.74) is 0.841. The van der Waals surface area contributed by atoms with Crippen molar-refractivity contribution in [3.63, 3.8) is 0 Å². The van der Waals surface area contributed by atoms with Gasteiger partial charge in [-0.05, 0) is 25.1 Å². The fourth-order valence-corrected chi connectivity index (χ4v) is 1.09. The molecular weight excluding hydrogens is 222 g/mol. The summed E-state index contributed by atoms with van der Waals surface area (Å²) in [6.45, 7) is 1.35. The van der Waals surface area contributed by atoms with E-state index in [4.69, 9.17) is 10.4 Å². The van der Waals surface area contributed by atoms with Crippen LogP contribution in [0.4, 0.5) is 10.5 Å². The van der Waals surface area contributed by atoms with Gasteiger partial charge >= 0.3 is 12.0 Å². The molecular formula is C11H11N3O3. The second kappa shape index (κ2) is 5.51. The largest absolute Gasteiger partial charge is 0.480 e. The highest BCUT2D eigenvalue weighted by Crippen LogP contribution is 2.09. The molecule has 0 aliphatic heterocycles. The van der Waals surface area contributed by atoms with Crippen molar-refractivity contribution in [1.29, 1.82) is 5.26 Å². The monoisotopic (exact) mass is 233 g/mol. The molecule has 0 radical (unpaired) electrons. The number of benzene rings is 1. The van der Waals surface area contributed by atoms with E-state index in [0.717, 1.165) is 0 Å². The Kier molecular flexibility index (Phi) is 4.06. The van der Waals surface area contributed by atoms with E-state index >= 15 is 0 Å². The summed E-state index contributed by atoms with van der Waals surface area (Å²) in [6.07, 6.45) is 0. The van der Waals surface area contributed by atoms with Crippen molar-refractivity contribution in [2.24, 2.45) is 0 Å². The second-order valence-corrected chi connectivity index (χ2v) is 3.35. The molecule has 2 amide bonds. The zero-order valence-electron chi connectivity index (χ0n) is 9.10. The molecule has 1 aromatic carbocycles. The molecule has 1 unspecified atom stereocenters. The van der Waals surface area contributed by atoms with Crippen molar-refractivity contribution >= 4 is 17.7 Å². The molecule has 0 spiro atoms. The van der Waals surface area contributed by atoms with Gasteiger partial charge in [0, 0.05) is 5.69 Å². The fourth-order valence-electron chi connectivity index (χ4n) is 1.09. The number of nitrogens with zero attached hydrogens (tertiary/aromatic N) is 1. The third kappa shape index (κ3) is 3.83. The Morgan fingerprint density at radius 3 is 2.76 bits per heavy atom. The zero-order chi connectivity index (χ0) is 12.8. The average Bonchev–Trinajstić information content (AvgIpc) is 2.28. The lowest BCUT2D eigenvalue weighted by Gasteiger charge is -2.10. The van der Waals surface area contributed by atoms with Crippen molar-refractivity contribution in [1.82, 2.24) is 5.32 Å². The van der Waals surface area contributed by atoms with Gasteiger partial charge in [-0.3, -0.25) is 4.79 Å². The van der Waals surface area contributed by atoms with E-state index in [9.17, 15) is 9.59 Å². The van der Waals surface area contributed by atoms with Crippen LogP contribution < -0.4 is 10.6 Å². The number of carboxylic acids is 1. The Morgan fingerprint density at radius 2 is 2.18 bits per heavy atom. The molecule has 0 aliphatic rings. The minimum Gasteiger partial charge on any atom is -0.480 e. The maximum absolute atomic E-state index is 11.4. The summed E-state index contributed by atoms with van der Waals surface area (Å²) in [5, 5.41) is 21.9. The van der Waals surface area contributed by atoms with Gasteiger partial charge in [-0.15, -0.1) is 0 Å². The highest BCUT2D eigenvalue weighted by molar-refractivity contribution is 5.92. The number of rotatable bonds is 3. The number of amides is 2. The van der Waals surface area contributed by atoms with Crippen LogP contribution in [-0.2, 0) is 4.79 Å². The van der Waals surface area contributed by atoms with Crippen molar-refractivity contribution in [3.8, 4) is 6.07 Å². The molecule has 0 aromatic heterocycles. The lowest BCUT2D eigenvalue weighted by Crippen LogP contribution is -2.40. The van der Waals surface area contributed by atoms with E-state index in [1.54, 1.807) is 18.2 Å². The Morgan fingerprint density at radius 1 is 1.47 bits per heavy atom. The molecule has 88 valence electrons. The van der Waals surface area contributed by atoms with Crippen LogP contribution in [0.1, 0.15) is 12.5 Å². The van der Waals surface area contributed by atoms with Crippen LogP contribution in [0.3, 0.4) is 0 Å². The van der Waals surface area contributed by atoms with Gasteiger partial charge in [-0.1, -0.05) is 6.07 Å². The number of carbonyl (C=O) groups is 2. The molecule has 1 atom stereocenters. The normalized spacial score (nSPS) is 11.1. The van der Waals surface area contributed by atoms with Crippen LogP contribution in [0.2, 0.25) is 0 Å². The molecule has 0 saturated heterocycles. The maximum atomic E-state index is 11.4. The van der Waals surface area contributed by atoms with Crippen LogP contribution in [0.25, 0.3) is 0 Å². The topological polar surface area (TPSA) is 102 Å². The highest BCUT2D eigenvalue weighted by atomic mass is 16.4. The van der Waals surface area contributed by atoms with E-state index < -0.39 is 18.0 Å². The molecule has 0 aliphatic carbocycles. The van der Waals surface area contributed by atoms with Gasteiger partial charge in [0.25, 0.3) is 0 Å². The SMILES string of the molecule is CC(NC(=O)Nc1cccc(C#N)c1)C(=O)O. The second-order valence-electron chi connectivity index (χ2n) is 3.35. The Balaban J connectivity index is 2.62. The van der Waals surface area contributed by atoms with E-state index in [1.165, 1.54) is 13.0 Å². The lowest BCUT2D eigenvalue weighted by molar-refractivity contribution is -0.138. The number of nitrogens with one attached hydrogen (secondary N) is 2. The number of hydrogen-bond acceptors (Lipinski definition) is 3. The first-order chi connectivity index (χ1) is 8.02. The Labute approximate surface area is 97.9 Å². The van der Waals surface area contributed by atoms with E-state index in [2.05, 4.69) is 10.6 Å². The first-order valence-corrected chi connectivity index (χ1v) is 4.83. The van der Waals surface area contributed by atoms with Gasteiger partial charge in [-0.2, -0.15) is 5.26 Å². The summed E-state index contributed by atoms with van der Waals surface area (Å²) in [5.74, 6) is -1.12. The maximum Gasteiger partial charge on any atom is 0.325 e. The van der Waals surface area contributed by atoms with Crippen molar-refractivity contribution in [2.75, 3.05) is 5.32 Å². The van der Waals surface area contributed by atoms with E-state index in [1.807, 2.05) is 6.07 Å². The number of anilines is 1. The van der Waals surface area contributed by atoms with Crippen LogP contribution in [0, 0.1) is 11.3 Å². The Bertz CT molecular complexity index is 479. The zero-order valence-corrected chi connectivity index (χ0v) is 9.10. The molecule has 1 aromatic rings. The van der Waals surface area contributed by atoms with E-state index in [-0.39, 0.29) is 0 Å². The van der Waals surface area contributed by atoms with Crippen LogP contribution in [0.15, 0.2) is 24.3 Å². The summed E-state index contributed by atoms with van der Waals surface area (Å²) < 4.78 is 0. The van der Waals surface area contributed by atoms with Crippen LogP contribution in [-0.4, -0.2) is 23.1 Å². The number of carbonyl (C=O) groups excluding carboxylic acids is 1. The standard InChI is InChI=1S/C11H11N3O3/c1-7(10(15)16)13-11(17)14-9-4-2-3-8(5-9)6-12/h2-5,7H,1H3,(H,15,16)(H2,13,14,17). The number of hydrogen-bond donors (Lipinski definition) is 3. The molecule has 0 fully saturated rings. The molecule has 6 heteroatoms. The summed E-state index contributed by atoms with van der Waals surface area (Å²) >= 11 is 0. The van der Waals surface area contributed by atoms with E-state index in [0.29, 0.717) is 11.3 Å². The quantitative estimate of drug-likeness (QED) is 0.728. The smallest absolute Gasteiger partial charge is 0.325 e. The van der Waals surface area contributed by atoms with Gasteiger partial charge in [0.1, 0.15) is 6.04 Å². The molecule has 1 rings (SSSR count). The highest BCUT2D eigenvalue weighted by Gasteiger charge is 2.13. The lowest BCUT2D eigenvalue weighted by atomic mass is 10.2.